The Kier molecular flexibility index (Phi) is 7.51. The van der Waals surface area contributed by atoms with E-state index in [9.17, 15) is 37.1 Å². The van der Waals surface area contributed by atoms with Crippen molar-refractivity contribution in [1.82, 2.24) is 19.8 Å². The van der Waals surface area contributed by atoms with Gasteiger partial charge in [0.25, 0.3) is 0 Å². The van der Waals surface area contributed by atoms with Crippen molar-refractivity contribution in [2.75, 3.05) is 6.54 Å². The van der Waals surface area contributed by atoms with Crippen LogP contribution in [0.15, 0.2) is 30.6 Å². The number of aromatic carboxylic acids is 1. The maximum absolute atomic E-state index is 14.2. The minimum absolute atomic E-state index is 0.0263. The number of carboxylic acids is 1. The number of nitrogens with zero attached hydrogens (tertiary/aromatic N) is 4. The summed E-state index contributed by atoms with van der Waals surface area (Å²) < 4.78 is 58.1. The van der Waals surface area contributed by atoms with Crippen LogP contribution in [-0.4, -0.2) is 67.8 Å². The van der Waals surface area contributed by atoms with Crippen LogP contribution in [-0.2, 0) is 22.3 Å². The number of hydrogen-bond donors (Lipinski definition) is 1. The largest absolute Gasteiger partial charge is 0.478 e. The monoisotopic (exact) mass is 512 g/mol. The number of amides is 2. The van der Waals surface area contributed by atoms with Gasteiger partial charge in [0.1, 0.15) is 23.6 Å². The molecular weight excluding hydrogens is 488 g/mol. The summed E-state index contributed by atoms with van der Waals surface area (Å²) in [6.07, 6.45) is -5.71. The number of halogens is 4. The van der Waals surface area contributed by atoms with Crippen LogP contribution in [0, 0.1) is 0 Å². The fourth-order valence-electron chi connectivity index (χ4n) is 3.71. The number of carbonyl (C=O) groups is 3. The number of carbonyl (C=O) groups excluding carboxylic acids is 2. The number of aromatic nitrogens is 2. The number of pyridine rings is 2. The fraction of sp³-hybridized carbons (Fsp3) is 0.435. The van der Waals surface area contributed by atoms with Gasteiger partial charge in [0.15, 0.2) is 0 Å². The third-order valence-electron chi connectivity index (χ3n) is 5.27. The van der Waals surface area contributed by atoms with Gasteiger partial charge in [-0.2, -0.15) is 13.2 Å². The Labute approximate surface area is 203 Å². The first-order valence-electron chi connectivity index (χ1n) is 10.8. The van der Waals surface area contributed by atoms with Crippen LogP contribution in [0.4, 0.5) is 22.4 Å². The summed E-state index contributed by atoms with van der Waals surface area (Å²) in [4.78, 5) is 45.8. The summed E-state index contributed by atoms with van der Waals surface area (Å²) in [6, 6.07) is 3.09. The molecule has 13 heteroatoms. The lowest BCUT2D eigenvalue weighted by Gasteiger charge is -2.33. The minimum Gasteiger partial charge on any atom is -0.478 e. The lowest BCUT2D eigenvalue weighted by Crippen LogP contribution is -2.48. The molecule has 2 amide bonds. The summed E-state index contributed by atoms with van der Waals surface area (Å²) in [7, 11) is 0. The number of ether oxygens (including phenoxy) is 1. The highest BCUT2D eigenvalue weighted by Gasteiger charge is 2.41. The third kappa shape index (κ3) is 6.26. The van der Waals surface area contributed by atoms with E-state index in [2.05, 4.69) is 9.97 Å². The molecule has 1 aliphatic heterocycles. The first-order valence-corrected chi connectivity index (χ1v) is 10.8. The lowest BCUT2D eigenvalue weighted by atomic mass is 10.0. The predicted octanol–water partition coefficient (Wildman–Crippen LogP) is 4.12. The van der Waals surface area contributed by atoms with Crippen molar-refractivity contribution >= 4 is 18.5 Å². The van der Waals surface area contributed by atoms with E-state index in [1.807, 2.05) is 0 Å². The zero-order chi connectivity index (χ0) is 26.8. The highest BCUT2D eigenvalue weighted by molar-refractivity contribution is 5.95. The molecule has 2 unspecified atom stereocenters. The molecule has 194 valence electrons. The van der Waals surface area contributed by atoms with Crippen molar-refractivity contribution in [2.45, 2.75) is 57.9 Å². The van der Waals surface area contributed by atoms with E-state index < -0.39 is 41.9 Å². The van der Waals surface area contributed by atoms with Crippen molar-refractivity contribution in [3.63, 3.8) is 0 Å². The van der Waals surface area contributed by atoms with E-state index >= 15 is 0 Å². The van der Waals surface area contributed by atoms with Crippen molar-refractivity contribution < 1.29 is 41.8 Å². The van der Waals surface area contributed by atoms with Gasteiger partial charge in [0, 0.05) is 29.9 Å². The van der Waals surface area contributed by atoms with Gasteiger partial charge in [-0.05, 0) is 32.9 Å². The number of likely N-dealkylation sites (tertiary alicyclic amines) is 1. The van der Waals surface area contributed by atoms with E-state index in [0.29, 0.717) is 6.41 Å². The molecule has 1 N–H and O–H groups in total. The zero-order valence-corrected chi connectivity index (χ0v) is 19.6. The lowest BCUT2D eigenvalue weighted by molar-refractivity contribution is -0.141. The van der Waals surface area contributed by atoms with Crippen LogP contribution in [0.25, 0.3) is 11.1 Å². The molecule has 36 heavy (non-hydrogen) atoms. The molecule has 9 nitrogen and oxygen atoms in total. The molecule has 0 saturated carbocycles. The fourth-order valence-corrected chi connectivity index (χ4v) is 3.71. The molecule has 0 radical (unpaired) electrons. The van der Waals surface area contributed by atoms with E-state index in [-0.39, 0.29) is 41.9 Å². The second kappa shape index (κ2) is 10.1. The highest BCUT2D eigenvalue weighted by Crippen LogP contribution is 2.31. The van der Waals surface area contributed by atoms with Crippen molar-refractivity contribution in [3.05, 3.63) is 47.5 Å². The maximum Gasteiger partial charge on any atom is 0.433 e. The van der Waals surface area contributed by atoms with Crippen LogP contribution in [0.5, 0.6) is 0 Å². The average Bonchev–Trinajstić information content (AvgIpc) is 3.17. The van der Waals surface area contributed by atoms with Crippen LogP contribution in [0.2, 0.25) is 0 Å². The second-order valence-electron chi connectivity index (χ2n) is 9.18. The Bertz CT molecular complexity index is 1130. The van der Waals surface area contributed by atoms with Gasteiger partial charge in [-0.3, -0.25) is 19.7 Å². The zero-order valence-electron chi connectivity index (χ0n) is 19.6. The molecule has 1 fully saturated rings. The summed E-state index contributed by atoms with van der Waals surface area (Å²) in [5, 5.41) is 9.51. The van der Waals surface area contributed by atoms with E-state index in [1.165, 1.54) is 6.07 Å². The highest BCUT2D eigenvalue weighted by atomic mass is 19.4. The Morgan fingerprint density at radius 1 is 1.22 bits per heavy atom. The Morgan fingerprint density at radius 3 is 2.44 bits per heavy atom. The summed E-state index contributed by atoms with van der Waals surface area (Å²) in [5.41, 5.74) is -2.01. The van der Waals surface area contributed by atoms with Gasteiger partial charge in [-0.1, -0.05) is 6.07 Å². The molecule has 2 aromatic heterocycles. The van der Waals surface area contributed by atoms with Crippen molar-refractivity contribution in [1.29, 1.82) is 0 Å². The van der Waals surface area contributed by atoms with Crippen LogP contribution in [0.3, 0.4) is 0 Å². The average molecular weight is 512 g/mol. The molecule has 0 aliphatic carbocycles. The van der Waals surface area contributed by atoms with Gasteiger partial charge in [0.05, 0.1) is 24.3 Å². The maximum atomic E-state index is 14.2. The molecule has 1 saturated heterocycles. The van der Waals surface area contributed by atoms with Gasteiger partial charge in [-0.25, -0.2) is 14.0 Å². The van der Waals surface area contributed by atoms with Crippen molar-refractivity contribution in [3.8, 4) is 11.1 Å². The van der Waals surface area contributed by atoms with Gasteiger partial charge in [0.2, 0.25) is 6.41 Å². The number of hydrogen-bond acceptors (Lipinski definition) is 6. The summed E-state index contributed by atoms with van der Waals surface area (Å²) in [5.74, 6) is -1.37. The molecular formula is C23H24F4N4O5. The Morgan fingerprint density at radius 2 is 1.92 bits per heavy atom. The molecule has 3 rings (SSSR count). The van der Waals surface area contributed by atoms with Crippen molar-refractivity contribution in [2.24, 2.45) is 0 Å². The Hall–Kier alpha value is -3.77. The van der Waals surface area contributed by atoms with Gasteiger partial charge >= 0.3 is 18.2 Å². The van der Waals surface area contributed by atoms with Crippen LogP contribution in [0.1, 0.15) is 48.9 Å². The SMILES string of the molecule is CC(C)(C)OC(=O)N1CC(F)CC1N(C=O)Cc1cc(-c2ccc(C(F)(F)F)nc2)c(C(=O)O)cn1. The van der Waals surface area contributed by atoms with Gasteiger partial charge in [-0.15, -0.1) is 0 Å². The molecule has 0 spiro atoms. The van der Waals surface area contributed by atoms with E-state index in [1.54, 1.807) is 20.8 Å². The molecule has 1 aliphatic rings. The van der Waals surface area contributed by atoms with E-state index in [4.69, 9.17) is 4.74 Å². The summed E-state index contributed by atoms with van der Waals surface area (Å²) in [6.45, 7) is 4.42. The number of alkyl halides is 4. The van der Waals surface area contributed by atoms with Crippen LogP contribution >= 0.6 is 0 Å². The standard InChI is InChI=1S/C23H24F4N4O5/c1-22(2,3)36-21(35)31-10-14(24)6-19(31)30(12-32)11-15-7-16(17(9-28-15)20(33)34)13-4-5-18(29-8-13)23(25,26)27/h4-5,7-9,12,14,19H,6,10-11H2,1-3H3,(H,33,34). The second-order valence-corrected chi connectivity index (χ2v) is 9.18. The molecule has 0 aromatic carbocycles. The molecule has 2 atom stereocenters. The molecule has 2 aromatic rings. The number of rotatable bonds is 6. The predicted molar refractivity (Wildman–Crippen MR) is 117 cm³/mol. The third-order valence-corrected chi connectivity index (χ3v) is 5.27. The smallest absolute Gasteiger partial charge is 0.433 e. The molecule has 0 bridgehead atoms. The number of carboxylic acid groups (broad SMARTS) is 1. The van der Waals surface area contributed by atoms with Gasteiger partial charge < -0.3 is 14.7 Å². The summed E-state index contributed by atoms with van der Waals surface area (Å²) >= 11 is 0. The minimum atomic E-state index is -4.67. The normalized spacial score (nSPS) is 18.1. The van der Waals surface area contributed by atoms with E-state index in [0.717, 1.165) is 34.3 Å². The van der Waals surface area contributed by atoms with Crippen LogP contribution < -0.4 is 0 Å². The quantitative estimate of drug-likeness (QED) is 0.458. The Balaban J connectivity index is 1.91. The first-order chi connectivity index (χ1) is 16.7. The first kappa shape index (κ1) is 26.8. The topological polar surface area (TPSA) is 113 Å². The molecule has 3 heterocycles.